The van der Waals surface area contributed by atoms with Crippen molar-refractivity contribution < 1.29 is 14.4 Å². The molecule has 3 amide bonds. The number of nitrogens with one attached hydrogen (secondary N) is 1. The van der Waals surface area contributed by atoms with Crippen LogP contribution in [-0.2, 0) is 11.2 Å². The first-order valence-corrected chi connectivity index (χ1v) is 9.39. The van der Waals surface area contributed by atoms with Gasteiger partial charge in [-0.15, -0.1) is 10.2 Å². The van der Waals surface area contributed by atoms with Gasteiger partial charge >= 0.3 is 0 Å². The highest BCUT2D eigenvalue weighted by atomic mass is 32.1. The number of carbonyl (C=O) groups is 3. The second kappa shape index (κ2) is 7.33. The first-order chi connectivity index (χ1) is 12.5. The number of aromatic nitrogens is 2. The summed E-state index contributed by atoms with van der Waals surface area (Å²) in [5.74, 6) is -1.49. The third-order valence-corrected chi connectivity index (χ3v) is 5.54. The molecule has 0 radical (unpaired) electrons. The predicted octanol–water partition coefficient (Wildman–Crippen LogP) is 2.75. The molecule has 2 aromatic rings. The minimum absolute atomic E-state index is 0.198. The molecule has 1 N–H and O–H groups in total. The van der Waals surface area contributed by atoms with E-state index < -0.39 is 23.8 Å². The van der Waals surface area contributed by atoms with E-state index in [2.05, 4.69) is 15.5 Å². The van der Waals surface area contributed by atoms with Crippen LogP contribution in [0.5, 0.6) is 0 Å². The van der Waals surface area contributed by atoms with Crippen molar-refractivity contribution in [3.8, 4) is 0 Å². The van der Waals surface area contributed by atoms with Crippen molar-refractivity contribution >= 4 is 34.2 Å². The Morgan fingerprint density at radius 1 is 1.15 bits per heavy atom. The van der Waals surface area contributed by atoms with E-state index in [1.54, 1.807) is 24.3 Å². The first-order valence-electron chi connectivity index (χ1n) is 8.58. The van der Waals surface area contributed by atoms with Gasteiger partial charge in [0.1, 0.15) is 11.0 Å². The molecule has 0 fully saturated rings. The van der Waals surface area contributed by atoms with Gasteiger partial charge in [-0.3, -0.25) is 24.6 Å². The highest BCUT2D eigenvalue weighted by molar-refractivity contribution is 7.15. The minimum Gasteiger partial charge on any atom is -0.299 e. The molecule has 1 aromatic heterocycles. The Morgan fingerprint density at radius 3 is 2.27 bits per heavy atom. The Hall–Kier alpha value is -2.61. The van der Waals surface area contributed by atoms with Crippen molar-refractivity contribution in [2.75, 3.05) is 5.32 Å². The van der Waals surface area contributed by atoms with Crippen molar-refractivity contribution in [2.24, 2.45) is 5.92 Å². The molecule has 3 rings (SSSR count). The van der Waals surface area contributed by atoms with Crippen molar-refractivity contribution in [1.29, 1.82) is 0 Å². The van der Waals surface area contributed by atoms with Gasteiger partial charge in [0.25, 0.3) is 11.8 Å². The van der Waals surface area contributed by atoms with E-state index in [-0.39, 0.29) is 5.92 Å². The molecule has 0 unspecified atom stereocenters. The van der Waals surface area contributed by atoms with Gasteiger partial charge in [-0.05, 0) is 24.5 Å². The number of amides is 3. The second-order valence-electron chi connectivity index (χ2n) is 6.20. The van der Waals surface area contributed by atoms with E-state index in [0.717, 1.165) is 16.3 Å². The smallest absolute Gasteiger partial charge is 0.262 e. The van der Waals surface area contributed by atoms with Crippen LogP contribution in [0, 0.1) is 5.92 Å². The molecule has 8 heteroatoms. The molecule has 1 aliphatic heterocycles. The lowest BCUT2D eigenvalue weighted by atomic mass is 9.96. The van der Waals surface area contributed by atoms with Crippen molar-refractivity contribution in [3.63, 3.8) is 0 Å². The maximum absolute atomic E-state index is 12.9. The Bertz CT molecular complexity index is 829. The van der Waals surface area contributed by atoms with Crippen molar-refractivity contribution in [1.82, 2.24) is 15.1 Å². The molecule has 2 heterocycles. The van der Waals surface area contributed by atoms with Gasteiger partial charge in [0, 0.05) is 0 Å². The van der Waals surface area contributed by atoms with E-state index >= 15 is 0 Å². The molecular weight excluding hydrogens is 352 g/mol. The van der Waals surface area contributed by atoms with Crippen LogP contribution in [0.2, 0.25) is 0 Å². The van der Waals surface area contributed by atoms with Crippen LogP contribution in [0.15, 0.2) is 24.3 Å². The van der Waals surface area contributed by atoms with Gasteiger partial charge < -0.3 is 0 Å². The first kappa shape index (κ1) is 18.2. The maximum atomic E-state index is 12.9. The molecule has 0 saturated carbocycles. The summed E-state index contributed by atoms with van der Waals surface area (Å²) in [5.41, 5.74) is 0.672. The minimum atomic E-state index is -0.902. The van der Waals surface area contributed by atoms with Gasteiger partial charge in [0.05, 0.1) is 11.1 Å². The summed E-state index contributed by atoms with van der Waals surface area (Å²) in [7, 11) is 0. The second-order valence-corrected chi connectivity index (χ2v) is 7.26. The number of hydrogen-bond acceptors (Lipinski definition) is 6. The number of aryl methyl sites for hydroxylation is 1. The summed E-state index contributed by atoms with van der Waals surface area (Å²) in [6.45, 7) is 5.72. The summed E-state index contributed by atoms with van der Waals surface area (Å²) in [6.07, 6.45) is 1.36. The number of benzene rings is 1. The molecule has 0 aliphatic carbocycles. The highest BCUT2D eigenvalue weighted by Gasteiger charge is 2.44. The Labute approximate surface area is 155 Å². The number of rotatable bonds is 6. The van der Waals surface area contributed by atoms with Gasteiger partial charge in [-0.25, -0.2) is 0 Å². The number of carbonyl (C=O) groups excluding carboxylic acids is 3. The molecule has 1 aromatic carbocycles. The topological polar surface area (TPSA) is 92.3 Å². The summed E-state index contributed by atoms with van der Waals surface area (Å²) < 4.78 is 0. The van der Waals surface area contributed by atoms with E-state index in [0.29, 0.717) is 22.7 Å². The van der Waals surface area contributed by atoms with Crippen LogP contribution < -0.4 is 5.32 Å². The predicted molar refractivity (Wildman–Crippen MR) is 98.1 cm³/mol. The van der Waals surface area contributed by atoms with Gasteiger partial charge in [0.2, 0.25) is 11.0 Å². The quantitative estimate of drug-likeness (QED) is 0.787. The van der Waals surface area contributed by atoms with Crippen molar-refractivity contribution in [2.45, 2.75) is 39.7 Å². The van der Waals surface area contributed by atoms with Gasteiger partial charge in [0.15, 0.2) is 0 Å². The van der Waals surface area contributed by atoms with E-state index in [9.17, 15) is 14.4 Å². The zero-order chi connectivity index (χ0) is 18.8. The average Bonchev–Trinajstić information content (AvgIpc) is 3.20. The third kappa shape index (κ3) is 3.12. The van der Waals surface area contributed by atoms with Gasteiger partial charge in [-0.1, -0.05) is 50.7 Å². The molecular formula is C18H20N4O3S. The number of hydrogen-bond donors (Lipinski definition) is 1. The van der Waals surface area contributed by atoms with Crippen LogP contribution in [-0.4, -0.2) is 38.9 Å². The van der Waals surface area contributed by atoms with Crippen LogP contribution >= 0.6 is 11.3 Å². The molecule has 26 heavy (non-hydrogen) atoms. The lowest BCUT2D eigenvalue weighted by molar-refractivity contribution is -0.121. The van der Waals surface area contributed by atoms with Gasteiger partial charge in [-0.2, -0.15) is 0 Å². The van der Waals surface area contributed by atoms with E-state index in [4.69, 9.17) is 0 Å². The lowest BCUT2D eigenvalue weighted by Gasteiger charge is -2.29. The number of nitrogens with zero attached hydrogens (tertiary/aromatic N) is 3. The standard InChI is InChI=1S/C18H20N4O3S/c1-4-10(3)14(15(23)19-18-21-20-13(5-2)26-18)22-16(24)11-8-6-7-9-12(11)17(22)25/h6-10,14H,4-5H2,1-3H3,(H,19,21,23)/t10-,14+/m1/s1. The van der Waals surface area contributed by atoms with Crippen LogP contribution in [0.25, 0.3) is 0 Å². The fraction of sp³-hybridized carbons (Fsp3) is 0.389. The molecule has 0 spiro atoms. The number of fused-ring (bicyclic) bond motifs is 1. The highest BCUT2D eigenvalue weighted by Crippen LogP contribution is 2.29. The average molecular weight is 372 g/mol. The molecule has 0 saturated heterocycles. The van der Waals surface area contributed by atoms with E-state index in [1.807, 2.05) is 20.8 Å². The molecule has 2 atom stereocenters. The molecule has 1 aliphatic rings. The third-order valence-electron chi connectivity index (χ3n) is 4.55. The molecule has 0 bridgehead atoms. The summed E-state index contributed by atoms with van der Waals surface area (Å²) in [4.78, 5) is 39.6. The fourth-order valence-electron chi connectivity index (χ4n) is 2.94. The monoisotopic (exact) mass is 372 g/mol. The van der Waals surface area contributed by atoms with Crippen LogP contribution in [0.1, 0.15) is 52.9 Å². The Kier molecular flexibility index (Phi) is 5.13. The zero-order valence-electron chi connectivity index (χ0n) is 14.9. The largest absolute Gasteiger partial charge is 0.299 e. The Morgan fingerprint density at radius 2 is 1.77 bits per heavy atom. The van der Waals surface area contributed by atoms with Crippen LogP contribution in [0.3, 0.4) is 0 Å². The molecule has 136 valence electrons. The summed E-state index contributed by atoms with van der Waals surface area (Å²) in [6, 6.07) is 5.73. The summed E-state index contributed by atoms with van der Waals surface area (Å²) in [5, 5.41) is 11.8. The molecule has 7 nitrogen and oxygen atoms in total. The number of anilines is 1. The maximum Gasteiger partial charge on any atom is 0.262 e. The SMILES string of the molecule is CCc1nnc(NC(=O)[C@H]([C@H](C)CC)N2C(=O)c3ccccc3C2=O)s1. The van der Waals surface area contributed by atoms with E-state index in [1.165, 1.54) is 11.3 Å². The normalized spacial score (nSPS) is 15.7. The number of imide groups is 1. The van der Waals surface area contributed by atoms with Crippen molar-refractivity contribution in [3.05, 3.63) is 40.4 Å². The Balaban J connectivity index is 1.90. The zero-order valence-corrected chi connectivity index (χ0v) is 15.7. The lowest BCUT2D eigenvalue weighted by Crippen LogP contribution is -2.50. The van der Waals surface area contributed by atoms with Crippen LogP contribution in [0.4, 0.5) is 5.13 Å². The summed E-state index contributed by atoms with van der Waals surface area (Å²) >= 11 is 1.29. The fourth-order valence-corrected chi connectivity index (χ4v) is 3.62.